The molecule has 1 atom stereocenters. The van der Waals surface area contributed by atoms with Crippen molar-refractivity contribution in [3.8, 4) is 0 Å². The quantitative estimate of drug-likeness (QED) is 0.665. The largest absolute Gasteiger partial charge is 0.381 e. The molecular weight excluding hydrogens is 182 g/mol. The van der Waals surface area contributed by atoms with E-state index in [9.17, 15) is 0 Å². The van der Waals surface area contributed by atoms with Crippen molar-refractivity contribution in [1.82, 2.24) is 5.32 Å². The van der Waals surface area contributed by atoms with Gasteiger partial charge in [-0.15, -0.1) is 0 Å². The Kier molecular flexibility index (Phi) is 6.68. The van der Waals surface area contributed by atoms with Gasteiger partial charge in [0.2, 0.25) is 0 Å². The lowest BCUT2D eigenvalue weighted by atomic mass is 10.0. The van der Waals surface area contributed by atoms with Gasteiger partial charge >= 0.3 is 0 Å². The van der Waals surface area contributed by atoms with Crippen LogP contribution in [0, 0.1) is 5.92 Å². The molecule has 0 aromatic rings. The predicted octanol–water partition coefficient (Wildman–Crippen LogP) is 1.76. The van der Waals surface area contributed by atoms with E-state index in [-0.39, 0.29) is 0 Å². The maximum Gasteiger partial charge on any atom is 0.0506 e. The molecule has 2 nitrogen and oxygen atoms in total. The molecule has 1 aliphatic heterocycles. The van der Waals surface area contributed by atoms with Gasteiger partial charge in [0.25, 0.3) is 0 Å². The Morgan fingerprint density at radius 1 is 1.54 bits per heavy atom. The maximum absolute atomic E-state index is 5.42. The third kappa shape index (κ3) is 5.55. The lowest BCUT2D eigenvalue weighted by Gasteiger charge is -2.22. The van der Waals surface area contributed by atoms with E-state index in [1.165, 1.54) is 25.0 Å². The van der Waals surface area contributed by atoms with E-state index in [1.807, 2.05) is 11.8 Å². The van der Waals surface area contributed by atoms with Gasteiger partial charge in [-0.05, 0) is 43.7 Å². The topological polar surface area (TPSA) is 21.3 Å². The van der Waals surface area contributed by atoms with E-state index >= 15 is 0 Å². The van der Waals surface area contributed by atoms with Crippen LogP contribution in [0.2, 0.25) is 0 Å². The number of hydrogen-bond donors (Lipinski definition) is 1. The zero-order valence-electron chi connectivity index (χ0n) is 8.55. The fourth-order valence-electron chi connectivity index (χ4n) is 1.62. The summed E-state index contributed by atoms with van der Waals surface area (Å²) in [6.07, 6.45) is 6.04. The van der Waals surface area contributed by atoms with E-state index in [1.54, 1.807) is 0 Å². The Morgan fingerprint density at radius 3 is 3.15 bits per heavy atom. The second-order valence-electron chi connectivity index (χ2n) is 3.63. The van der Waals surface area contributed by atoms with Crippen LogP contribution in [0.5, 0.6) is 0 Å². The van der Waals surface area contributed by atoms with E-state index in [0.29, 0.717) is 0 Å². The molecule has 0 radical (unpaired) electrons. The minimum atomic E-state index is 0.767. The summed E-state index contributed by atoms with van der Waals surface area (Å²) in [5.74, 6) is 2.04. The fraction of sp³-hybridized carbons (Fsp3) is 1.00. The standard InChI is InChI=1S/C10H21NOS/c1-13-7-3-5-11-8-10-4-2-6-12-9-10/h10-11H,2-9H2,1H3. The molecule has 0 aliphatic carbocycles. The van der Waals surface area contributed by atoms with Gasteiger partial charge < -0.3 is 10.1 Å². The summed E-state index contributed by atoms with van der Waals surface area (Å²) in [4.78, 5) is 0. The summed E-state index contributed by atoms with van der Waals surface area (Å²) in [6.45, 7) is 4.25. The molecule has 13 heavy (non-hydrogen) atoms. The van der Waals surface area contributed by atoms with Crippen molar-refractivity contribution in [2.24, 2.45) is 5.92 Å². The summed E-state index contributed by atoms with van der Waals surface area (Å²) < 4.78 is 5.42. The minimum Gasteiger partial charge on any atom is -0.381 e. The van der Waals surface area contributed by atoms with Crippen molar-refractivity contribution < 1.29 is 4.74 Å². The van der Waals surface area contributed by atoms with E-state index in [4.69, 9.17) is 4.74 Å². The zero-order valence-corrected chi connectivity index (χ0v) is 9.37. The van der Waals surface area contributed by atoms with E-state index < -0.39 is 0 Å². The highest BCUT2D eigenvalue weighted by Gasteiger charge is 2.12. The SMILES string of the molecule is CSCCCNCC1CCCOC1. The molecule has 0 spiro atoms. The number of hydrogen-bond acceptors (Lipinski definition) is 3. The molecule has 0 amide bonds. The van der Waals surface area contributed by atoms with Gasteiger partial charge in [0.05, 0.1) is 6.61 Å². The maximum atomic E-state index is 5.42. The lowest BCUT2D eigenvalue weighted by Crippen LogP contribution is -2.29. The van der Waals surface area contributed by atoms with Crippen molar-refractivity contribution in [3.05, 3.63) is 0 Å². The van der Waals surface area contributed by atoms with Crippen LogP contribution >= 0.6 is 11.8 Å². The molecular formula is C10H21NOS. The van der Waals surface area contributed by atoms with Crippen molar-refractivity contribution in [2.75, 3.05) is 38.3 Å². The van der Waals surface area contributed by atoms with Crippen molar-refractivity contribution in [3.63, 3.8) is 0 Å². The van der Waals surface area contributed by atoms with E-state index in [2.05, 4.69) is 11.6 Å². The van der Waals surface area contributed by atoms with Gasteiger partial charge in [0.15, 0.2) is 0 Å². The van der Waals surface area contributed by atoms with Gasteiger partial charge in [0, 0.05) is 13.2 Å². The van der Waals surface area contributed by atoms with Gasteiger partial charge in [-0.3, -0.25) is 0 Å². The highest BCUT2D eigenvalue weighted by atomic mass is 32.2. The Balaban J connectivity index is 1.86. The summed E-state index contributed by atoms with van der Waals surface area (Å²) >= 11 is 1.92. The summed E-state index contributed by atoms with van der Waals surface area (Å²) in [7, 11) is 0. The lowest BCUT2D eigenvalue weighted by molar-refractivity contribution is 0.0549. The molecule has 0 bridgehead atoms. The molecule has 1 heterocycles. The van der Waals surface area contributed by atoms with Crippen LogP contribution in [0.25, 0.3) is 0 Å². The third-order valence-electron chi connectivity index (χ3n) is 2.39. The normalized spacial score (nSPS) is 23.3. The highest BCUT2D eigenvalue weighted by molar-refractivity contribution is 7.98. The van der Waals surface area contributed by atoms with Gasteiger partial charge in [-0.25, -0.2) is 0 Å². The molecule has 0 saturated carbocycles. The fourth-order valence-corrected chi connectivity index (χ4v) is 2.05. The predicted molar refractivity (Wildman–Crippen MR) is 59.4 cm³/mol. The molecule has 1 aliphatic rings. The molecule has 3 heteroatoms. The molecule has 1 unspecified atom stereocenters. The number of rotatable bonds is 6. The summed E-state index contributed by atoms with van der Waals surface area (Å²) in [5.41, 5.74) is 0. The Bertz CT molecular complexity index is 115. The first-order valence-electron chi connectivity index (χ1n) is 5.21. The van der Waals surface area contributed by atoms with Crippen LogP contribution in [0.4, 0.5) is 0 Å². The average Bonchev–Trinajstić information content (AvgIpc) is 2.19. The molecule has 1 rings (SSSR count). The third-order valence-corrected chi connectivity index (χ3v) is 3.09. The second-order valence-corrected chi connectivity index (χ2v) is 4.62. The van der Waals surface area contributed by atoms with Crippen LogP contribution in [-0.2, 0) is 4.74 Å². The Morgan fingerprint density at radius 2 is 2.46 bits per heavy atom. The highest BCUT2D eigenvalue weighted by Crippen LogP contribution is 2.11. The monoisotopic (exact) mass is 203 g/mol. The molecule has 0 aromatic heterocycles. The van der Waals surface area contributed by atoms with Crippen LogP contribution in [0.15, 0.2) is 0 Å². The zero-order chi connectivity index (χ0) is 9.36. The van der Waals surface area contributed by atoms with Gasteiger partial charge in [-0.1, -0.05) is 0 Å². The molecule has 78 valence electrons. The first-order chi connectivity index (χ1) is 6.43. The van der Waals surface area contributed by atoms with Crippen LogP contribution < -0.4 is 5.32 Å². The summed E-state index contributed by atoms with van der Waals surface area (Å²) in [6, 6.07) is 0. The molecule has 0 aromatic carbocycles. The number of nitrogens with one attached hydrogen (secondary N) is 1. The van der Waals surface area contributed by atoms with Crippen molar-refractivity contribution in [1.29, 1.82) is 0 Å². The average molecular weight is 203 g/mol. The van der Waals surface area contributed by atoms with Crippen LogP contribution in [0.3, 0.4) is 0 Å². The molecule has 1 N–H and O–H groups in total. The first-order valence-corrected chi connectivity index (χ1v) is 6.60. The number of thioether (sulfide) groups is 1. The van der Waals surface area contributed by atoms with Crippen LogP contribution in [-0.4, -0.2) is 38.3 Å². The van der Waals surface area contributed by atoms with Gasteiger partial charge in [-0.2, -0.15) is 11.8 Å². The Labute approximate surface area is 85.8 Å². The Hall–Kier alpha value is 0.270. The molecule has 1 fully saturated rings. The van der Waals surface area contributed by atoms with Crippen molar-refractivity contribution in [2.45, 2.75) is 19.3 Å². The molecule has 1 saturated heterocycles. The summed E-state index contributed by atoms with van der Waals surface area (Å²) in [5, 5.41) is 3.50. The number of ether oxygens (including phenoxy) is 1. The smallest absolute Gasteiger partial charge is 0.0506 e. The van der Waals surface area contributed by atoms with Crippen molar-refractivity contribution >= 4 is 11.8 Å². The van der Waals surface area contributed by atoms with E-state index in [0.717, 1.165) is 32.2 Å². The second kappa shape index (κ2) is 7.65. The first kappa shape index (κ1) is 11.3. The van der Waals surface area contributed by atoms with Gasteiger partial charge in [0.1, 0.15) is 0 Å². The minimum absolute atomic E-state index is 0.767. The van der Waals surface area contributed by atoms with Crippen LogP contribution in [0.1, 0.15) is 19.3 Å².